The van der Waals surface area contributed by atoms with Crippen LogP contribution in [0.25, 0.3) is 11.2 Å². The molecule has 13 nitrogen and oxygen atoms in total. The topological polar surface area (TPSA) is 213 Å². The normalized spacial score (nSPS) is 11.6. The summed E-state index contributed by atoms with van der Waals surface area (Å²) < 4.78 is 0. The molecule has 1 unspecified atom stereocenters. The van der Waals surface area contributed by atoms with E-state index in [9.17, 15) is 19.2 Å². The summed E-state index contributed by atoms with van der Waals surface area (Å²) in [6.45, 7) is 0.231. The van der Waals surface area contributed by atoms with Gasteiger partial charge in [0.25, 0.3) is 11.5 Å². The zero-order valence-electron chi connectivity index (χ0n) is 16.5. The lowest BCUT2D eigenvalue weighted by atomic mass is 10.2. The fourth-order valence-electron chi connectivity index (χ4n) is 2.75. The Labute approximate surface area is 179 Å². The molecule has 1 amide bonds. The molecular weight excluding hydrogens is 428 g/mol. The lowest BCUT2D eigenvalue weighted by Gasteiger charge is -2.14. The van der Waals surface area contributed by atoms with Crippen molar-refractivity contribution in [2.45, 2.75) is 25.4 Å². The van der Waals surface area contributed by atoms with E-state index in [-0.39, 0.29) is 42.1 Å². The van der Waals surface area contributed by atoms with E-state index in [1.54, 1.807) is 12.1 Å². The average molecular weight is 447 g/mol. The van der Waals surface area contributed by atoms with Gasteiger partial charge in [-0.15, -0.1) is 0 Å². The van der Waals surface area contributed by atoms with Crippen molar-refractivity contribution in [2.24, 2.45) is 0 Å². The Morgan fingerprint density at radius 3 is 2.50 bits per heavy atom. The number of anilines is 2. The number of carboxylic acid groups (broad SMARTS) is 2. The van der Waals surface area contributed by atoms with Gasteiger partial charge in [0.15, 0.2) is 11.2 Å². The molecule has 7 N–H and O–H groups in total. The number of benzene rings is 1. The molecule has 0 radical (unpaired) electrons. The molecule has 3 aromatic rings. The Kier molecular flexibility index (Phi) is 6.58. The molecule has 0 saturated carbocycles. The maximum atomic E-state index is 12.3. The number of aromatic nitrogens is 4. The molecule has 2 aromatic heterocycles. The van der Waals surface area contributed by atoms with Crippen LogP contribution in [0.3, 0.4) is 0 Å². The summed E-state index contributed by atoms with van der Waals surface area (Å²) >= 11 is 0. The van der Waals surface area contributed by atoms with Crippen LogP contribution in [0.15, 0.2) is 35.3 Å². The van der Waals surface area contributed by atoms with E-state index in [1.165, 1.54) is 18.3 Å². The molecule has 32 heavy (non-hydrogen) atoms. The van der Waals surface area contributed by atoms with Gasteiger partial charge in [0.1, 0.15) is 6.04 Å². The number of carbonyl (C=O) groups excluding carboxylic acids is 1. The van der Waals surface area contributed by atoms with Crippen LogP contribution >= 0.6 is 0 Å². The number of nitrogens with one attached hydrogen (secondary N) is 3. The van der Waals surface area contributed by atoms with Gasteiger partial charge in [-0.25, -0.2) is 14.8 Å². The summed E-state index contributed by atoms with van der Waals surface area (Å²) in [7, 11) is 0. The van der Waals surface area contributed by atoms with Crippen molar-refractivity contribution in [3.63, 3.8) is 0 Å². The molecule has 13 heteroatoms. The van der Waals surface area contributed by atoms with Crippen LogP contribution in [0.4, 0.5) is 11.6 Å². The number of H-pyrrole nitrogens is 1. The summed E-state index contributed by atoms with van der Waals surface area (Å²) in [4.78, 5) is 60.6. The Bertz CT molecular complexity index is 1230. The SMILES string of the molecule is Nc1nc2ncc(CNc3ccc(C(=O)[15NH][13CH]([13CH2][13CH2][13C](=O)O)[13C](=O)O)cc3)nc2c(=O)[nH]1. The second-order valence-corrected chi connectivity index (χ2v) is 6.71. The summed E-state index contributed by atoms with van der Waals surface area (Å²) in [5, 5.41) is 23.2. The first-order chi connectivity index (χ1) is 15.2. The zero-order valence-corrected chi connectivity index (χ0v) is 16.5. The van der Waals surface area contributed by atoms with Crippen molar-refractivity contribution in [3.8, 4) is 0 Å². The minimum atomic E-state index is -1.31. The van der Waals surface area contributed by atoms with Gasteiger partial charge in [-0.3, -0.25) is 19.4 Å². The summed E-state index contributed by atoms with van der Waals surface area (Å²) in [5.41, 5.74) is 6.47. The van der Waals surface area contributed by atoms with Crippen LogP contribution < -0.4 is 21.9 Å². The Morgan fingerprint density at radius 2 is 1.84 bits per heavy atom. The molecule has 0 spiro atoms. The number of hydrogen-bond donors (Lipinski definition) is 6. The molecule has 2 heterocycles. The van der Waals surface area contributed by atoms with Crippen LogP contribution in [-0.4, -0.2) is 54.0 Å². The first-order valence-electron chi connectivity index (χ1n) is 9.33. The fourth-order valence-corrected chi connectivity index (χ4v) is 2.75. The highest BCUT2D eigenvalue weighted by Crippen LogP contribution is 2.12. The number of aromatic amines is 1. The van der Waals surface area contributed by atoms with E-state index in [0.717, 1.165) is 0 Å². The molecular formula is C19H19N7O6. The van der Waals surface area contributed by atoms with E-state index in [1.807, 2.05) is 0 Å². The predicted molar refractivity (Wildman–Crippen MR) is 112 cm³/mol. The number of rotatable bonds is 9. The molecule has 0 bridgehead atoms. The lowest BCUT2D eigenvalue weighted by molar-refractivity contribution is -0.140. The number of carbonyl (C=O) groups is 3. The van der Waals surface area contributed by atoms with Gasteiger partial charge in [-0.2, -0.15) is 4.98 Å². The highest BCUT2D eigenvalue weighted by Gasteiger charge is 2.21. The average Bonchev–Trinajstić information content (AvgIpc) is 2.75. The second kappa shape index (κ2) is 9.51. The first-order valence-corrected chi connectivity index (χ1v) is 9.33. The third-order valence-electron chi connectivity index (χ3n) is 4.36. The molecule has 1 atom stereocenters. The third kappa shape index (κ3) is 5.53. The maximum Gasteiger partial charge on any atom is 0.326 e. The summed E-state index contributed by atoms with van der Waals surface area (Å²) in [6, 6.07) is 4.86. The number of hydrogen-bond acceptors (Lipinski definition) is 9. The highest BCUT2D eigenvalue weighted by atomic mass is 16.5. The van der Waals surface area contributed by atoms with Gasteiger partial charge in [0.2, 0.25) is 5.95 Å². The standard InChI is InChI=1S/C19H19N7O6/c20-19-25-15-14(17(30)26-19)23-11(8-22-15)7-21-10-3-1-9(2-4-10)16(29)24-12(18(31)32)5-6-13(27)28/h1-4,8,12,21H,5-7H2,(H,24,29)(H,27,28)(H,31,32)(H3,20,22,25,26,30)/i5+1,6+1,12+1,13+1,18+1,24+1. The third-order valence-corrected chi connectivity index (χ3v) is 4.36. The van der Waals surface area contributed by atoms with E-state index in [4.69, 9.17) is 15.9 Å². The van der Waals surface area contributed by atoms with Crippen molar-refractivity contribution >= 4 is 40.6 Å². The molecule has 0 aliphatic carbocycles. The molecule has 0 aliphatic rings. The number of amides is 1. The number of fused-ring (bicyclic) bond motifs is 1. The molecule has 3 rings (SSSR count). The Hall–Kier alpha value is -4.55. The predicted octanol–water partition coefficient (Wildman–Crippen LogP) is -0.0448. The van der Waals surface area contributed by atoms with Crippen LogP contribution in [-0.2, 0) is 16.1 Å². The van der Waals surface area contributed by atoms with E-state index in [2.05, 4.69) is 30.6 Å². The lowest BCUT2D eigenvalue weighted by Crippen LogP contribution is -2.41. The maximum absolute atomic E-state index is 12.3. The van der Waals surface area contributed by atoms with Gasteiger partial charge in [0.05, 0.1) is 18.4 Å². The van der Waals surface area contributed by atoms with Crippen LogP contribution in [0.2, 0.25) is 0 Å². The zero-order chi connectivity index (χ0) is 23.3. The van der Waals surface area contributed by atoms with Crippen LogP contribution in [0.5, 0.6) is 0 Å². The fraction of sp³-hybridized carbons (Fsp3) is 0.211. The van der Waals surface area contributed by atoms with Crippen molar-refractivity contribution in [1.29, 1.82) is 0 Å². The molecule has 1 aromatic carbocycles. The molecule has 0 saturated heterocycles. The summed E-state index contributed by atoms with van der Waals surface area (Å²) in [5.74, 6) is -3.16. The van der Waals surface area contributed by atoms with Gasteiger partial charge in [-0.1, -0.05) is 0 Å². The monoisotopic (exact) mass is 447 g/mol. The Balaban J connectivity index is 1.62. The molecule has 0 aliphatic heterocycles. The number of aliphatic carboxylic acids is 2. The smallest absolute Gasteiger partial charge is 0.326 e. The summed E-state index contributed by atoms with van der Waals surface area (Å²) in [6.07, 6.45) is 0.840. The highest BCUT2D eigenvalue weighted by molar-refractivity contribution is 5.96. The van der Waals surface area contributed by atoms with Crippen LogP contribution in [0, 0.1) is 0 Å². The van der Waals surface area contributed by atoms with Crippen molar-refractivity contribution in [2.75, 3.05) is 11.1 Å². The number of nitrogen functional groups attached to an aromatic ring is 1. The number of nitrogens with two attached hydrogens (primary N) is 1. The Morgan fingerprint density at radius 1 is 1.12 bits per heavy atom. The quantitative estimate of drug-likeness (QED) is 0.189. The molecule has 0 fully saturated rings. The van der Waals surface area contributed by atoms with Crippen molar-refractivity contribution < 1.29 is 24.6 Å². The van der Waals surface area contributed by atoms with Gasteiger partial charge in [0, 0.05) is 17.7 Å². The van der Waals surface area contributed by atoms with Crippen molar-refractivity contribution in [1.82, 2.24) is 25.3 Å². The minimum absolute atomic E-state index is 0.0524. The van der Waals surface area contributed by atoms with E-state index in [0.29, 0.717) is 11.4 Å². The largest absolute Gasteiger partial charge is 0.481 e. The molecule has 166 valence electrons. The van der Waals surface area contributed by atoms with Crippen molar-refractivity contribution in [3.05, 3.63) is 52.1 Å². The number of nitrogens with zero attached hydrogens (tertiary/aromatic N) is 3. The number of carboxylic acids is 2. The van der Waals surface area contributed by atoms with E-state index >= 15 is 0 Å². The first kappa shape index (κ1) is 22.1. The van der Waals surface area contributed by atoms with E-state index < -0.39 is 29.4 Å². The van der Waals surface area contributed by atoms with Gasteiger partial charge >= 0.3 is 11.9 Å². The van der Waals surface area contributed by atoms with Gasteiger partial charge in [-0.05, 0) is 30.7 Å². The second-order valence-electron chi connectivity index (χ2n) is 6.71. The minimum Gasteiger partial charge on any atom is -0.481 e. The van der Waals surface area contributed by atoms with Crippen LogP contribution in [0.1, 0.15) is 28.9 Å². The van der Waals surface area contributed by atoms with Gasteiger partial charge < -0.3 is 26.6 Å².